The molecule has 2 heterocycles. The molecule has 0 aliphatic carbocycles. The molecule has 1 aromatic carbocycles. The van der Waals surface area contributed by atoms with Crippen molar-refractivity contribution in [2.24, 2.45) is 5.16 Å². The Hall–Kier alpha value is -1.81. The number of oxime groups is 1. The molecule has 0 spiro atoms. The summed E-state index contributed by atoms with van der Waals surface area (Å²) in [5, 5.41) is 16.9. The van der Waals surface area contributed by atoms with E-state index in [0.29, 0.717) is 0 Å². The van der Waals surface area contributed by atoms with Crippen molar-refractivity contribution in [2.45, 2.75) is 19.4 Å². The van der Waals surface area contributed by atoms with Gasteiger partial charge in [-0.25, -0.2) is 0 Å². The minimum Gasteiger partial charge on any atom is -0.411 e. The predicted octanol–water partition coefficient (Wildman–Crippen LogP) is 3.73. The lowest BCUT2D eigenvalue weighted by atomic mass is 10.1. The molecule has 1 aliphatic rings. The number of benzene rings is 1. The maximum absolute atomic E-state index is 9.18. The quantitative estimate of drug-likeness (QED) is 0.668. The second-order valence-electron chi connectivity index (χ2n) is 4.72. The average molecular weight is 272 g/mol. The first-order valence-corrected chi connectivity index (χ1v) is 7.39. The number of anilines is 1. The summed E-state index contributed by atoms with van der Waals surface area (Å²) in [4.78, 5) is 2.37. The highest BCUT2D eigenvalue weighted by atomic mass is 32.1. The van der Waals surface area contributed by atoms with E-state index < -0.39 is 0 Å². The van der Waals surface area contributed by atoms with E-state index >= 15 is 0 Å². The molecule has 3 nitrogen and oxygen atoms in total. The summed E-state index contributed by atoms with van der Waals surface area (Å²) in [6.45, 7) is 1.91. The molecule has 0 bridgehead atoms. The Bertz CT molecular complexity index is 578. The van der Waals surface area contributed by atoms with Crippen LogP contribution in [0.4, 0.5) is 5.69 Å². The molecular weight excluding hydrogens is 256 g/mol. The lowest BCUT2D eigenvalue weighted by Gasteiger charge is -2.24. The molecule has 0 saturated heterocycles. The summed E-state index contributed by atoms with van der Waals surface area (Å²) >= 11 is 1.73. The molecule has 0 amide bonds. The zero-order chi connectivity index (χ0) is 13.1. The summed E-state index contributed by atoms with van der Waals surface area (Å²) in [7, 11) is 0. The average Bonchev–Trinajstić information content (AvgIpc) is 2.89. The van der Waals surface area contributed by atoms with Crippen molar-refractivity contribution in [3.05, 3.63) is 52.2 Å². The number of hydrogen-bond acceptors (Lipinski definition) is 4. The van der Waals surface area contributed by atoms with Crippen molar-refractivity contribution in [1.29, 1.82) is 0 Å². The minimum atomic E-state index is 0.795. The van der Waals surface area contributed by atoms with E-state index in [-0.39, 0.29) is 0 Å². The largest absolute Gasteiger partial charge is 0.411 e. The number of fused-ring (bicyclic) bond motifs is 1. The van der Waals surface area contributed by atoms with Gasteiger partial charge in [0, 0.05) is 24.3 Å². The van der Waals surface area contributed by atoms with E-state index in [0.717, 1.165) is 37.2 Å². The highest BCUT2D eigenvalue weighted by Crippen LogP contribution is 2.28. The van der Waals surface area contributed by atoms with Crippen molar-refractivity contribution < 1.29 is 5.21 Å². The van der Waals surface area contributed by atoms with Gasteiger partial charge >= 0.3 is 0 Å². The van der Waals surface area contributed by atoms with Crippen LogP contribution in [0.15, 0.2) is 46.2 Å². The van der Waals surface area contributed by atoms with Gasteiger partial charge in [-0.15, -0.1) is 0 Å². The standard InChI is InChI=1S/C15H16N2OS/c18-16-14-5-3-8-17(10-12-7-9-19-11-12)15-6-2-1-4-13(14)15/h1-2,4,6-7,9,11,18H,3,5,8,10H2/b16-14-. The molecule has 1 aromatic heterocycles. The molecule has 0 radical (unpaired) electrons. The Morgan fingerprint density at radius 2 is 2.16 bits per heavy atom. The highest BCUT2D eigenvalue weighted by Gasteiger charge is 2.19. The Kier molecular flexibility index (Phi) is 3.51. The predicted molar refractivity (Wildman–Crippen MR) is 79.4 cm³/mol. The Morgan fingerprint density at radius 3 is 2.95 bits per heavy atom. The fourth-order valence-corrected chi connectivity index (χ4v) is 3.22. The van der Waals surface area contributed by atoms with Crippen LogP contribution in [0.2, 0.25) is 0 Å². The summed E-state index contributed by atoms with van der Waals surface area (Å²) < 4.78 is 0. The van der Waals surface area contributed by atoms with Crippen LogP contribution >= 0.6 is 11.3 Å². The van der Waals surface area contributed by atoms with Crippen LogP contribution < -0.4 is 4.90 Å². The van der Waals surface area contributed by atoms with Crippen LogP contribution in [-0.4, -0.2) is 17.5 Å². The number of rotatable bonds is 2. The molecule has 98 valence electrons. The summed E-state index contributed by atoms with van der Waals surface area (Å²) in [6.07, 6.45) is 1.84. The van der Waals surface area contributed by atoms with Crippen LogP contribution in [0.25, 0.3) is 0 Å². The Balaban J connectivity index is 1.97. The van der Waals surface area contributed by atoms with Gasteiger partial charge in [-0.05, 0) is 41.3 Å². The number of hydrogen-bond donors (Lipinski definition) is 1. The number of nitrogens with zero attached hydrogens (tertiary/aromatic N) is 2. The first-order valence-electron chi connectivity index (χ1n) is 6.45. The molecule has 19 heavy (non-hydrogen) atoms. The van der Waals surface area contributed by atoms with E-state index in [1.54, 1.807) is 11.3 Å². The SMILES string of the molecule is O/N=C1/CCCN(Cc2ccsc2)c2ccccc21. The topological polar surface area (TPSA) is 35.8 Å². The lowest BCUT2D eigenvalue weighted by molar-refractivity contribution is 0.318. The third-order valence-electron chi connectivity index (χ3n) is 3.47. The third-order valence-corrected chi connectivity index (χ3v) is 4.20. The number of para-hydroxylation sites is 1. The molecule has 3 rings (SSSR count). The van der Waals surface area contributed by atoms with Gasteiger partial charge in [0.1, 0.15) is 0 Å². The smallest absolute Gasteiger partial charge is 0.0889 e. The van der Waals surface area contributed by atoms with Gasteiger partial charge in [0.25, 0.3) is 0 Å². The molecule has 0 saturated carbocycles. The van der Waals surface area contributed by atoms with E-state index in [2.05, 4.69) is 32.9 Å². The van der Waals surface area contributed by atoms with E-state index in [9.17, 15) is 5.21 Å². The van der Waals surface area contributed by atoms with E-state index in [1.165, 1.54) is 11.3 Å². The first-order chi connectivity index (χ1) is 9.38. The van der Waals surface area contributed by atoms with Crippen LogP contribution in [0.1, 0.15) is 24.0 Å². The maximum atomic E-state index is 9.18. The molecule has 0 fully saturated rings. The molecule has 1 aliphatic heterocycles. The van der Waals surface area contributed by atoms with Crippen molar-refractivity contribution >= 4 is 22.7 Å². The van der Waals surface area contributed by atoms with Crippen molar-refractivity contribution in [3.8, 4) is 0 Å². The van der Waals surface area contributed by atoms with Crippen LogP contribution in [0.5, 0.6) is 0 Å². The Morgan fingerprint density at radius 1 is 1.26 bits per heavy atom. The van der Waals surface area contributed by atoms with Gasteiger partial charge in [-0.2, -0.15) is 11.3 Å². The minimum absolute atomic E-state index is 0.795. The zero-order valence-electron chi connectivity index (χ0n) is 10.6. The van der Waals surface area contributed by atoms with Gasteiger partial charge in [-0.1, -0.05) is 23.4 Å². The Labute approximate surface area is 116 Å². The van der Waals surface area contributed by atoms with Gasteiger partial charge < -0.3 is 10.1 Å². The van der Waals surface area contributed by atoms with Gasteiger partial charge in [0.05, 0.1) is 5.71 Å². The molecule has 0 unspecified atom stereocenters. The molecule has 4 heteroatoms. The summed E-state index contributed by atoms with van der Waals surface area (Å²) in [6, 6.07) is 10.4. The second-order valence-corrected chi connectivity index (χ2v) is 5.50. The fourth-order valence-electron chi connectivity index (χ4n) is 2.56. The van der Waals surface area contributed by atoms with Crippen LogP contribution in [-0.2, 0) is 6.54 Å². The zero-order valence-corrected chi connectivity index (χ0v) is 11.4. The highest BCUT2D eigenvalue weighted by molar-refractivity contribution is 7.07. The van der Waals surface area contributed by atoms with Crippen LogP contribution in [0, 0.1) is 0 Å². The fraction of sp³-hybridized carbons (Fsp3) is 0.267. The van der Waals surface area contributed by atoms with Gasteiger partial charge in [0.15, 0.2) is 0 Å². The lowest BCUT2D eigenvalue weighted by Crippen LogP contribution is -2.23. The van der Waals surface area contributed by atoms with Crippen molar-refractivity contribution in [1.82, 2.24) is 0 Å². The van der Waals surface area contributed by atoms with Crippen molar-refractivity contribution in [2.75, 3.05) is 11.4 Å². The summed E-state index contributed by atoms with van der Waals surface area (Å²) in [5.74, 6) is 0. The molecule has 1 N–H and O–H groups in total. The van der Waals surface area contributed by atoms with E-state index in [1.807, 2.05) is 18.2 Å². The van der Waals surface area contributed by atoms with Crippen LogP contribution in [0.3, 0.4) is 0 Å². The second kappa shape index (κ2) is 5.45. The van der Waals surface area contributed by atoms with Gasteiger partial charge in [-0.3, -0.25) is 0 Å². The van der Waals surface area contributed by atoms with Crippen molar-refractivity contribution in [3.63, 3.8) is 0 Å². The summed E-state index contributed by atoms with van der Waals surface area (Å²) in [5.41, 5.74) is 4.35. The monoisotopic (exact) mass is 272 g/mol. The van der Waals surface area contributed by atoms with E-state index in [4.69, 9.17) is 0 Å². The number of thiophene rings is 1. The normalized spacial score (nSPS) is 17.3. The first kappa shape index (κ1) is 12.2. The third kappa shape index (κ3) is 2.49. The van der Waals surface area contributed by atoms with Gasteiger partial charge in [0.2, 0.25) is 0 Å². The molecular formula is C15H16N2OS. The molecule has 0 atom stereocenters. The maximum Gasteiger partial charge on any atom is 0.0889 e. The molecule has 2 aromatic rings.